The van der Waals surface area contributed by atoms with Gasteiger partial charge in [-0.3, -0.25) is 9.46 Å². The molecule has 0 aliphatic carbocycles. The predicted molar refractivity (Wildman–Crippen MR) is 286 cm³/mol. The summed E-state index contributed by atoms with van der Waals surface area (Å²) in [6.07, 6.45) is 30.6. The summed E-state index contributed by atoms with van der Waals surface area (Å²) in [5.74, 6) is 0.125. The van der Waals surface area contributed by atoms with Gasteiger partial charge in [-0.2, -0.15) is 0 Å². The molecule has 0 saturated carbocycles. The Morgan fingerprint density at radius 3 is 0.932 bits per heavy atom. The van der Waals surface area contributed by atoms with E-state index in [1.165, 1.54) is 135 Å². The van der Waals surface area contributed by atoms with E-state index < -0.39 is 0 Å². The largest absolute Gasteiger partial charge is 0.353 e. The molecule has 0 bridgehead atoms. The number of amides is 1. The number of carbonyl (C=O) groups excluding carboxylic acids is 1. The van der Waals surface area contributed by atoms with Gasteiger partial charge in [0.25, 0.3) is 0 Å². The van der Waals surface area contributed by atoms with Crippen LogP contribution >= 0.6 is 8.96 Å². The minimum Gasteiger partial charge on any atom is -0.353 e. The van der Waals surface area contributed by atoms with Gasteiger partial charge in [-0.05, 0) is 34.1 Å². The first-order chi connectivity index (χ1) is 28.2. The standard InChI is InChI=1S/C27H58N3O2P.8C3H8.C2H6/c1-6-7-8-9-10-11-12-13-14-15-16-17-18-19-20-21-27(31)29-23-26(22-28)32-33-30(24(2)3)25(4)5;8*1-3-2;1-2/h24-26,33H,6-23,28H2,1-5H3,(H,29,31);8*3H2,1-2H3;1-2H3. The topological polar surface area (TPSA) is 67.6 Å². The summed E-state index contributed by atoms with van der Waals surface area (Å²) in [4.78, 5) is 12.1. The van der Waals surface area contributed by atoms with Crippen LogP contribution in [0.2, 0.25) is 0 Å². The quantitative estimate of drug-likeness (QED) is 0.0749. The van der Waals surface area contributed by atoms with Crippen LogP contribution < -0.4 is 11.1 Å². The average molecular weight is 871 g/mol. The van der Waals surface area contributed by atoms with Gasteiger partial charge >= 0.3 is 0 Å². The second kappa shape index (κ2) is 97.2. The SMILES string of the molecule is CC.CCC.CCC.CCC.CCC.CCC.CCC.CCC.CCC.CCCCCCCCCCCCCCCCCC(=O)NCC(CN)OPN(C(C)C)C(C)C. The molecule has 2 unspecified atom stereocenters. The van der Waals surface area contributed by atoms with Gasteiger partial charge in [-0.1, -0.05) is 273 Å². The zero-order valence-corrected chi connectivity index (χ0v) is 47.5. The lowest BCUT2D eigenvalue weighted by Crippen LogP contribution is -2.38. The molecule has 0 spiro atoms. The van der Waals surface area contributed by atoms with Gasteiger partial charge in [-0.15, -0.1) is 0 Å². The van der Waals surface area contributed by atoms with Crippen LogP contribution in [0, 0.1) is 0 Å². The van der Waals surface area contributed by atoms with E-state index in [2.05, 4.69) is 155 Å². The molecule has 59 heavy (non-hydrogen) atoms. The third-order valence-electron chi connectivity index (χ3n) is 6.23. The van der Waals surface area contributed by atoms with Gasteiger partial charge in [0.05, 0.1) is 15.1 Å². The highest BCUT2D eigenvalue weighted by Gasteiger charge is 2.17. The number of nitrogens with zero attached hydrogens (tertiary/aromatic N) is 1. The van der Waals surface area contributed by atoms with Crippen molar-refractivity contribution >= 4 is 14.9 Å². The summed E-state index contributed by atoms with van der Waals surface area (Å²) in [5.41, 5.74) is 5.84. The lowest BCUT2D eigenvalue weighted by molar-refractivity contribution is -0.121. The molecule has 2 atom stereocenters. The number of hydrogen-bond acceptors (Lipinski definition) is 4. The Balaban J connectivity index is -0.0000000940. The van der Waals surface area contributed by atoms with E-state index in [4.69, 9.17) is 10.3 Å². The monoisotopic (exact) mass is 870 g/mol. The Kier molecular flexibility index (Phi) is 136. The Morgan fingerprint density at radius 2 is 0.712 bits per heavy atom. The van der Waals surface area contributed by atoms with Crippen LogP contribution in [-0.4, -0.2) is 41.9 Å². The molecule has 3 N–H and O–H groups in total. The predicted octanol–water partition coefficient (Wildman–Crippen LogP) is 19.7. The summed E-state index contributed by atoms with van der Waals surface area (Å²) in [6.45, 7) is 49.9. The molecule has 0 aromatic carbocycles. The van der Waals surface area contributed by atoms with Gasteiger partial charge in [-0.25, -0.2) is 0 Å². The summed E-state index contributed by atoms with van der Waals surface area (Å²) in [7, 11) is 0.276. The van der Waals surface area contributed by atoms with E-state index in [0.717, 1.165) is 12.8 Å². The Hall–Kier alpha value is -0.220. The zero-order valence-electron chi connectivity index (χ0n) is 46.5. The molecule has 6 heteroatoms. The fraction of sp³-hybridized carbons (Fsp3) is 0.981. The Labute approximate surface area is 383 Å². The van der Waals surface area contributed by atoms with E-state index in [9.17, 15) is 4.79 Å². The molecule has 0 aromatic rings. The van der Waals surface area contributed by atoms with E-state index in [-0.39, 0.29) is 21.0 Å². The maximum absolute atomic E-state index is 12.1. The lowest BCUT2D eigenvalue weighted by Gasteiger charge is -2.31. The highest BCUT2D eigenvalue weighted by molar-refractivity contribution is 7.29. The molecule has 0 aliphatic heterocycles. The third-order valence-corrected chi connectivity index (χ3v) is 7.92. The van der Waals surface area contributed by atoms with Crippen LogP contribution in [0.5, 0.6) is 0 Å². The fourth-order valence-electron chi connectivity index (χ4n) is 4.09. The van der Waals surface area contributed by atoms with E-state index >= 15 is 0 Å². The number of rotatable bonds is 24. The van der Waals surface area contributed by atoms with Gasteiger partial charge in [0, 0.05) is 31.6 Å². The summed E-state index contributed by atoms with van der Waals surface area (Å²) in [5, 5.41) is 3.01. The Bertz CT molecular complexity index is 519. The molecule has 0 rings (SSSR count). The maximum atomic E-state index is 12.1. The lowest BCUT2D eigenvalue weighted by atomic mass is 10.0. The van der Waals surface area contributed by atoms with Crippen LogP contribution in [0.25, 0.3) is 0 Å². The van der Waals surface area contributed by atoms with Crippen molar-refractivity contribution in [1.82, 2.24) is 9.99 Å². The Morgan fingerprint density at radius 1 is 0.475 bits per heavy atom. The molecule has 5 nitrogen and oxygen atoms in total. The third kappa shape index (κ3) is 133. The number of hydrogen-bond donors (Lipinski definition) is 2. The molecule has 0 aromatic heterocycles. The van der Waals surface area contributed by atoms with Crippen LogP contribution in [0.4, 0.5) is 0 Å². The van der Waals surface area contributed by atoms with Gasteiger partial charge in [0.2, 0.25) is 5.91 Å². The number of nitrogens with two attached hydrogens (primary N) is 1. The summed E-state index contributed by atoms with van der Waals surface area (Å²) in [6, 6.07) is 0.864. The van der Waals surface area contributed by atoms with Crippen molar-refractivity contribution in [3.63, 3.8) is 0 Å². The van der Waals surface area contributed by atoms with Crippen LogP contribution in [0.3, 0.4) is 0 Å². The van der Waals surface area contributed by atoms with Crippen molar-refractivity contribution in [2.75, 3.05) is 13.1 Å². The van der Waals surface area contributed by atoms with Crippen molar-refractivity contribution < 1.29 is 9.32 Å². The molecular formula is C53H128N3O2P. The summed E-state index contributed by atoms with van der Waals surface area (Å²) < 4.78 is 8.28. The maximum Gasteiger partial charge on any atom is 0.220 e. The minimum atomic E-state index is -0.117. The number of carbonyl (C=O) groups is 1. The number of unbranched alkanes of at least 4 members (excludes halogenated alkanes) is 14. The fourth-order valence-corrected chi connectivity index (χ4v) is 4.96. The van der Waals surface area contributed by atoms with Crippen LogP contribution in [0.1, 0.15) is 313 Å². The van der Waals surface area contributed by atoms with E-state index in [0.29, 0.717) is 31.6 Å². The smallest absolute Gasteiger partial charge is 0.220 e. The first-order valence-electron chi connectivity index (χ1n) is 26.4. The molecule has 0 saturated heterocycles. The zero-order chi connectivity index (χ0) is 48.4. The van der Waals surface area contributed by atoms with Gasteiger partial charge in [0.1, 0.15) is 0 Å². The van der Waals surface area contributed by atoms with Crippen molar-refractivity contribution in [3.8, 4) is 0 Å². The molecule has 0 heterocycles. The molecule has 372 valence electrons. The first kappa shape index (κ1) is 82.5. The first-order valence-corrected chi connectivity index (χ1v) is 27.3. The van der Waals surface area contributed by atoms with E-state index in [1.807, 2.05) is 13.8 Å². The van der Waals surface area contributed by atoms with Gasteiger partial charge < -0.3 is 15.6 Å². The molecule has 0 fully saturated rings. The van der Waals surface area contributed by atoms with Crippen molar-refractivity contribution in [1.29, 1.82) is 0 Å². The van der Waals surface area contributed by atoms with Crippen molar-refractivity contribution in [2.24, 2.45) is 5.73 Å². The molecule has 0 radical (unpaired) electrons. The second-order valence-electron chi connectivity index (χ2n) is 15.8. The van der Waals surface area contributed by atoms with E-state index in [1.54, 1.807) is 0 Å². The molecule has 0 aliphatic rings. The highest BCUT2D eigenvalue weighted by Crippen LogP contribution is 2.27. The molecule has 1 amide bonds. The normalized spacial score (nSPS) is 9.88. The highest BCUT2D eigenvalue weighted by atomic mass is 31.1. The minimum absolute atomic E-state index is 0.117. The summed E-state index contributed by atoms with van der Waals surface area (Å²) >= 11 is 0. The van der Waals surface area contributed by atoms with Crippen LogP contribution in [-0.2, 0) is 9.32 Å². The van der Waals surface area contributed by atoms with Crippen molar-refractivity contribution in [3.05, 3.63) is 0 Å². The van der Waals surface area contributed by atoms with Gasteiger partial charge in [0.15, 0.2) is 0 Å². The molecular weight excluding hydrogens is 742 g/mol. The van der Waals surface area contributed by atoms with Crippen molar-refractivity contribution in [2.45, 2.75) is 332 Å². The number of nitrogens with one attached hydrogen (secondary N) is 1. The second-order valence-corrected chi connectivity index (χ2v) is 16.8. The average Bonchev–Trinajstić information content (AvgIpc) is 3.17. The van der Waals surface area contributed by atoms with Crippen LogP contribution in [0.15, 0.2) is 0 Å².